The monoisotopic (exact) mass is 504 g/mol. The highest BCUT2D eigenvalue weighted by molar-refractivity contribution is 7.18. The number of aromatic carboxylic acids is 1. The van der Waals surface area contributed by atoms with Gasteiger partial charge in [0.25, 0.3) is 0 Å². The Kier molecular flexibility index (Phi) is 5.79. The summed E-state index contributed by atoms with van der Waals surface area (Å²) < 4.78 is 46.6. The van der Waals surface area contributed by atoms with E-state index >= 15 is 0 Å². The van der Waals surface area contributed by atoms with Gasteiger partial charge in [0, 0.05) is 18.0 Å². The van der Waals surface area contributed by atoms with Gasteiger partial charge in [0.2, 0.25) is 5.82 Å². The lowest BCUT2D eigenvalue weighted by Gasteiger charge is -2.29. The molecule has 1 aliphatic rings. The van der Waals surface area contributed by atoms with Gasteiger partial charge in [-0.25, -0.2) is 4.79 Å². The van der Waals surface area contributed by atoms with Gasteiger partial charge in [-0.3, -0.25) is 0 Å². The first-order valence-corrected chi connectivity index (χ1v) is 11.6. The molecule has 0 radical (unpaired) electrons. The molecule has 3 aromatic heterocycles. The van der Waals surface area contributed by atoms with Gasteiger partial charge in [-0.15, -0.1) is 21.5 Å². The molecule has 13 heteroatoms. The number of benzene rings is 1. The molecule has 0 atom stereocenters. The van der Waals surface area contributed by atoms with Gasteiger partial charge < -0.3 is 19.3 Å². The number of para-hydroxylation sites is 1. The van der Waals surface area contributed by atoms with Crippen LogP contribution in [0.3, 0.4) is 0 Å². The van der Waals surface area contributed by atoms with E-state index in [4.69, 9.17) is 4.74 Å². The summed E-state index contributed by atoms with van der Waals surface area (Å²) in [7, 11) is 0. The second-order valence-electron chi connectivity index (χ2n) is 7.93. The van der Waals surface area contributed by atoms with E-state index in [1.807, 2.05) is 11.0 Å². The number of ether oxygens (including phenoxy) is 1. The Hall–Kier alpha value is -3.74. The lowest BCUT2D eigenvalue weighted by molar-refractivity contribution is -0.147. The zero-order valence-electron chi connectivity index (χ0n) is 18.4. The average molecular weight is 504 g/mol. The normalized spacial score (nSPS) is 13.8. The second-order valence-corrected chi connectivity index (χ2v) is 9.04. The lowest BCUT2D eigenvalue weighted by atomic mass is 10.2. The highest BCUT2D eigenvalue weighted by Crippen LogP contribution is 2.37. The van der Waals surface area contributed by atoms with Crippen LogP contribution in [0.5, 0.6) is 11.8 Å². The quantitative estimate of drug-likeness (QED) is 0.401. The van der Waals surface area contributed by atoms with Crippen molar-refractivity contribution >= 4 is 33.3 Å². The van der Waals surface area contributed by atoms with E-state index in [2.05, 4.69) is 27.1 Å². The number of halogens is 3. The number of hydrogen-bond acceptors (Lipinski definition) is 8. The summed E-state index contributed by atoms with van der Waals surface area (Å²) in [6.07, 6.45) is -2.82. The molecule has 4 heterocycles. The number of carbonyl (C=O) groups is 1. The van der Waals surface area contributed by atoms with E-state index in [0.29, 0.717) is 10.6 Å². The topological polar surface area (TPSA) is 106 Å². The fraction of sp³-hybridized carbons (Fsp3) is 0.318. The van der Waals surface area contributed by atoms with E-state index in [-0.39, 0.29) is 42.8 Å². The molecule has 5 rings (SSSR count). The van der Waals surface area contributed by atoms with Crippen LogP contribution in [0.2, 0.25) is 0 Å². The summed E-state index contributed by atoms with van der Waals surface area (Å²) >= 11 is 1.47. The van der Waals surface area contributed by atoms with Crippen LogP contribution in [-0.4, -0.2) is 42.4 Å². The molecule has 0 amide bonds. The number of carboxylic acid groups (broad SMARTS) is 1. The van der Waals surface area contributed by atoms with E-state index < -0.39 is 18.0 Å². The Morgan fingerprint density at radius 1 is 1.20 bits per heavy atom. The first kappa shape index (κ1) is 23.0. The van der Waals surface area contributed by atoms with E-state index in [0.717, 1.165) is 27.7 Å². The van der Waals surface area contributed by atoms with Crippen molar-refractivity contribution in [2.24, 2.45) is 0 Å². The number of alkyl halides is 3. The minimum Gasteiger partial charge on any atom is -0.478 e. The third-order valence-electron chi connectivity index (χ3n) is 5.52. The van der Waals surface area contributed by atoms with E-state index in [9.17, 15) is 23.1 Å². The summed E-state index contributed by atoms with van der Waals surface area (Å²) in [6, 6.07) is 8.08. The maximum Gasteiger partial charge on any atom is 0.451 e. The molecule has 182 valence electrons. The fourth-order valence-electron chi connectivity index (χ4n) is 3.97. The highest BCUT2D eigenvalue weighted by atomic mass is 32.1. The summed E-state index contributed by atoms with van der Waals surface area (Å²) in [4.78, 5) is 24.2. The van der Waals surface area contributed by atoms with Crippen LogP contribution >= 0.6 is 11.3 Å². The van der Waals surface area contributed by atoms with Gasteiger partial charge in [0.1, 0.15) is 22.0 Å². The second kappa shape index (κ2) is 8.80. The van der Waals surface area contributed by atoms with E-state index in [1.165, 1.54) is 23.5 Å². The first-order chi connectivity index (χ1) is 16.7. The van der Waals surface area contributed by atoms with Crippen LogP contribution in [0.4, 0.5) is 19.0 Å². The predicted molar refractivity (Wildman–Crippen MR) is 121 cm³/mol. The molecule has 1 N–H and O–H groups in total. The smallest absolute Gasteiger partial charge is 0.451 e. The maximum absolute atomic E-state index is 13.2. The van der Waals surface area contributed by atoms with Crippen molar-refractivity contribution in [1.82, 2.24) is 24.7 Å². The molecule has 0 saturated heterocycles. The Labute approximate surface area is 200 Å². The molecule has 1 aromatic carbocycles. The molecule has 0 saturated carbocycles. The number of fused-ring (bicyclic) bond motifs is 2. The number of rotatable bonds is 6. The highest BCUT2D eigenvalue weighted by Gasteiger charge is 2.39. The molecular formula is C22H19F3N6O3S. The zero-order chi connectivity index (χ0) is 24.7. The Bertz CT molecular complexity index is 1420. The van der Waals surface area contributed by atoms with Gasteiger partial charge in [-0.2, -0.15) is 23.1 Å². The Morgan fingerprint density at radius 2 is 2.00 bits per heavy atom. The molecular weight excluding hydrogens is 485 g/mol. The lowest BCUT2D eigenvalue weighted by Crippen LogP contribution is -2.36. The van der Waals surface area contributed by atoms with Crippen molar-refractivity contribution in [1.29, 1.82) is 0 Å². The van der Waals surface area contributed by atoms with E-state index in [1.54, 1.807) is 12.1 Å². The third kappa shape index (κ3) is 4.38. The average Bonchev–Trinajstić information content (AvgIpc) is 3.42. The molecule has 35 heavy (non-hydrogen) atoms. The first-order valence-electron chi connectivity index (χ1n) is 10.8. The van der Waals surface area contributed by atoms with Crippen molar-refractivity contribution < 1.29 is 27.8 Å². The molecule has 9 nitrogen and oxygen atoms in total. The summed E-state index contributed by atoms with van der Waals surface area (Å²) in [5.74, 6) is -1.42. The number of anilines is 1. The number of carboxylic acids is 1. The van der Waals surface area contributed by atoms with Crippen LogP contribution in [0.15, 0.2) is 30.3 Å². The van der Waals surface area contributed by atoms with Crippen molar-refractivity contribution in [3.05, 3.63) is 52.4 Å². The number of aryl methyl sites for hydroxylation is 1. The fourth-order valence-corrected chi connectivity index (χ4v) is 5.09. The van der Waals surface area contributed by atoms with Crippen molar-refractivity contribution in [3.8, 4) is 11.8 Å². The number of aromatic nitrogens is 5. The molecule has 1 aliphatic heterocycles. The van der Waals surface area contributed by atoms with Crippen molar-refractivity contribution in [3.63, 3.8) is 0 Å². The van der Waals surface area contributed by atoms with Gasteiger partial charge >= 0.3 is 18.2 Å². The minimum atomic E-state index is -4.59. The van der Waals surface area contributed by atoms with Gasteiger partial charge in [-0.05, 0) is 24.6 Å². The number of nitrogens with zero attached hydrogens (tertiary/aromatic N) is 6. The van der Waals surface area contributed by atoms with Crippen LogP contribution in [-0.2, 0) is 25.7 Å². The maximum atomic E-state index is 13.2. The Morgan fingerprint density at radius 3 is 2.74 bits per heavy atom. The van der Waals surface area contributed by atoms with Crippen LogP contribution in [0, 0.1) is 0 Å². The molecule has 4 aromatic rings. The van der Waals surface area contributed by atoms with Crippen LogP contribution in [0.25, 0.3) is 10.2 Å². The Balaban J connectivity index is 1.55. The van der Waals surface area contributed by atoms with Crippen molar-refractivity contribution in [2.45, 2.75) is 39.0 Å². The largest absolute Gasteiger partial charge is 0.478 e. The molecule has 0 fully saturated rings. The van der Waals surface area contributed by atoms with Gasteiger partial charge in [-0.1, -0.05) is 25.5 Å². The molecule has 0 bridgehead atoms. The summed E-state index contributed by atoms with van der Waals surface area (Å²) in [5.41, 5.74) is -0.0404. The van der Waals surface area contributed by atoms with Crippen LogP contribution < -0.4 is 9.64 Å². The van der Waals surface area contributed by atoms with Crippen molar-refractivity contribution in [2.75, 3.05) is 11.4 Å². The van der Waals surface area contributed by atoms with Gasteiger partial charge in [0.15, 0.2) is 5.82 Å². The minimum absolute atomic E-state index is 0.0344. The molecule has 0 unspecified atom stereocenters. The summed E-state index contributed by atoms with van der Waals surface area (Å²) in [6.45, 7) is 2.40. The zero-order valence-corrected chi connectivity index (χ0v) is 19.2. The number of thiophene rings is 1. The molecule has 0 spiro atoms. The molecule has 0 aliphatic carbocycles. The predicted octanol–water partition coefficient (Wildman–Crippen LogP) is 4.76. The van der Waals surface area contributed by atoms with Crippen LogP contribution in [0.1, 0.15) is 40.2 Å². The SMILES string of the molecule is CCCc1cc2c(N3CCn4c(nnc4C(F)(F)F)C3)nc(Oc3ccccc3C(=O)O)nc2s1. The number of hydrogen-bond donors (Lipinski definition) is 1. The standard InChI is InChI=1S/C22H19F3N6O3S/c1-2-5-12-10-14-17(30-8-9-31-16(11-30)28-29-20(31)22(23,24)25)26-21(27-18(14)35-12)34-15-7-4-3-6-13(15)19(32)33/h3-4,6-7,10H,2,5,8-9,11H2,1H3,(H,32,33). The third-order valence-corrected chi connectivity index (χ3v) is 6.61. The summed E-state index contributed by atoms with van der Waals surface area (Å²) in [5, 5.41) is 17.3. The van der Waals surface area contributed by atoms with Gasteiger partial charge in [0.05, 0.1) is 11.9 Å².